The van der Waals surface area contributed by atoms with Crippen molar-refractivity contribution in [3.05, 3.63) is 23.4 Å². The molecule has 1 aromatic heterocycles. The number of aromatic nitrogens is 1. The number of pyridine rings is 1. The maximum Gasteiger partial charge on any atom is 0.144 e. The highest BCUT2D eigenvalue weighted by Crippen LogP contribution is 2.12. The van der Waals surface area contributed by atoms with Gasteiger partial charge in [-0.25, -0.2) is 4.98 Å². The smallest absolute Gasteiger partial charge is 0.144 e. The lowest BCUT2D eigenvalue weighted by atomic mass is 10.2. The monoisotopic (exact) mass is 175 g/mol. The summed E-state index contributed by atoms with van der Waals surface area (Å²) in [5, 5.41) is 11.9. The molecule has 0 fully saturated rings. The Kier molecular flexibility index (Phi) is 2.86. The molecule has 13 heavy (non-hydrogen) atoms. The van der Waals surface area contributed by atoms with Crippen LogP contribution in [0.15, 0.2) is 12.1 Å². The minimum absolute atomic E-state index is 0.293. The molecule has 1 aromatic rings. The van der Waals surface area contributed by atoms with Gasteiger partial charge in [-0.05, 0) is 32.9 Å². The van der Waals surface area contributed by atoms with Gasteiger partial charge in [0, 0.05) is 11.7 Å². The SMILES string of the molecule is Cc1ccc(C#N)c(NC(C)C)n1. The molecule has 0 aliphatic carbocycles. The summed E-state index contributed by atoms with van der Waals surface area (Å²) in [5.74, 6) is 0.678. The van der Waals surface area contributed by atoms with E-state index in [1.807, 2.05) is 26.8 Å². The number of aryl methyl sites for hydroxylation is 1. The molecule has 0 spiro atoms. The van der Waals surface area contributed by atoms with Crippen LogP contribution in [0.1, 0.15) is 25.1 Å². The average molecular weight is 175 g/mol. The fraction of sp³-hybridized carbons (Fsp3) is 0.400. The highest BCUT2D eigenvalue weighted by atomic mass is 15.0. The van der Waals surface area contributed by atoms with E-state index in [0.29, 0.717) is 17.4 Å². The van der Waals surface area contributed by atoms with Gasteiger partial charge in [0.05, 0.1) is 5.56 Å². The molecule has 0 atom stereocenters. The van der Waals surface area contributed by atoms with E-state index < -0.39 is 0 Å². The maximum absolute atomic E-state index is 8.79. The van der Waals surface area contributed by atoms with Crippen molar-refractivity contribution in [3.63, 3.8) is 0 Å². The third-order valence-corrected chi connectivity index (χ3v) is 1.58. The van der Waals surface area contributed by atoms with E-state index in [1.165, 1.54) is 0 Å². The van der Waals surface area contributed by atoms with Crippen LogP contribution >= 0.6 is 0 Å². The first-order valence-corrected chi connectivity index (χ1v) is 4.27. The zero-order valence-corrected chi connectivity index (χ0v) is 8.13. The predicted octanol–water partition coefficient (Wildman–Crippen LogP) is 2.08. The number of anilines is 1. The summed E-state index contributed by atoms with van der Waals surface area (Å²) >= 11 is 0. The van der Waals surface area contributed by atoms with Gasteiger partial charge in [-0.2, -0.15) is 5.26 Å². The van der Waals surface area contributed by atoms with Crippen molar-refractivity contribution in [1.82, 2.24) is 4.98 Å². The van der Waals surface area contributed by atoms with Gasteiger partial charge in [-0.15, -0.1) is 0 Å². The van der Waals surface area contributed by atoms with Gasteiger partial charge in [0.2, 0.25) is 0 Å². The number of nitriles is 1. The fourth-order valence-electron chi connectivity index (χ4n) is 1.03. The number of rotatable bonds is 2. The Labute approximate surface area is 78.4 Å². The molecule has 0 saturated heterocycles. The van der Waals surface area contributed by atoms with E-state index in [9.17, 15) is 0 Å². The van der Waals surface area contributed by atoms with Gasteiger partial charge in [0.25, 0.3) is 0 Å². The lowest BCUT2D eigenvalue weighted by Gasteiger charge is -2.10. The first kappa shape index (κ1) is 9.53. The van der Waals surface area contributed by atoms with Crippen molar-refractivity contribution in [2.45, 2.75) is 26.8 Å². The first-order valence-electron chi connectivity index (χ1n) is 4.27. The number of hydrogen-bond acceptors (Lipinski definition) is 3. The molecule has 1 rings (SSSR count). The second-order valence-corrected chi connectivity index (χ2v) is 3.26. The van der Waals surface area contributed by atoms with Crippen LogP contribution in [0.4, 0.5) is 5.82 Å². The van der Waals surface area contributed by atoms with Crippen LogP contribution in [0.3, 0.4) is 0 Å². The molecule has 0 aliphatic rings. The van der Waals surface area contributed by atoms with Crippen molar-refractivity contribution in [1.29, 1.82) is 5.26 Å². The molecule has 0 bridgehead atoms. The minimum atomic E-state index is 0.293. The van der Waals surface area contributed by atoms with Crippen molar-refractivity contribution in [2.24, 2.45) is 0 Å². The van der Waals surface area contributed by atoms with Gasteiger partial charge in [0.1, 0.15) is 11.9 Å². The molecular formula is C10H13N3. The Morgan fingerprint density at radius 2 is 2.15 bits per heavy atom. The van der Waals surface area contributed by atoms with Gasteiger partial charge in [-0.1, -0.05) is 0 Å². The van der Waals surface area contributed by atoms with E-state index in [1.54, 1.807) is 6.07 Å². The molecule has 0 radical (unpaired) electrons. The zero-order chi connectivity index (χ0) is 9.84. The summed E-state index contributed by atoms with van der Waals surface area (Å²) in [6, 6.07) is 6.02. The Bertz CT molecular complexity index is 337. The topological polar surface area (TPSA) is 48.7 Å². The molecule has 1 N–H and O–H groups in total. The number of nitrogens with zero attached hydrogens (tertiary/aromatic N) is 2. The summed E-state index contributed by atoms with van der Waals surface area (Å²) in [6.07, 6.45) is 0. The average Bonchev–Trinajstić information content (AvgIpc) is 2.03. The van der Waals surface area contributed by atoms with Crippen LogP contribution in [0.5, 0.6) is 0 Å². The van der Waals surface area contributed by atoms with E-state index in [2.05, 4.69) is 16.4 Å². The van der Waals surface area contributed by atoms with E-state index in [4.69, 9.17) is 5.26 Å². The molecule has 0 aromatic carbocycles. The van der Waals surface area contributed by atoms with Crippen LogP contribution < -0.4 is 5.32 Å². The molecular weight excluding hydrogens is 162 g/mol. The van der Waals surface area contributed by atoms with Crippen LogP contribution in [-0.4, -0.2) is 11.0 Å². The van der Waals surface area contributed by atoms with E-state index >= 15 is 0 Å². The summed E-state index contributed by atoms with van der Waals surface area (Å²) in [7, 11) is 0. The lowest BCUT2D eigenvalue weighted by Crippen LogP contribution is -2.12. The van der Waals surface area contributed by atoms with Crippen molar-refractivity contribution in [3.8, 4) is 6.07 Å². The van der Waals surface area contributed by atoms with Gasteiger partial charge >= 0.3 is 0 Å². The summed E-state index contributed by atoms with van der Waals surface area (Å²) < 4.78 is 0. The highest BCUT2D eigenvalue weighted by Gasteiger charge is 2.04. The molecule has 0 amide bonds. The lowest BCUT2D eigenvalue weighted by molar-refractivity contribution is 0.885. The predicted molar refractivity (Wildman–Crippen MR) is 52.4 cm³/mol. The van der Waals surface area contributed by atoms with Crippen LogP contribution in [0.25, 0.3) is 0 Å². The second-order valence-electron chi connectivity index (χ2n) is 3.26. The summed E-state index contributed by atoms with van der Waals surface area (Å²) in [6.45, 7) is 5.95. The van der Waals surface area contributed by atoms with Crippen LogP contribution in [0.2, 0.25) is 0 Å². The normalized spacial score (nSPS) is 9.77. The fourth-order valence-corrected chi connectivity index (χ4v) is 1.03. The Morgan fingerprint density at radius 3 is 2.69 bits per heavy atom. The second kappa shape index (κ2) is 3.90. The van der Waals surface area contributed by atoms with Crippen molar-refractivity contribution in [2.75, 3.05) is 5.32 Å². The van der Waals surface area contributed by atoms with Gasteiger partial charge in [-0.3, -0.25) is 0 Å². The Balaban J connectivity index is 3.03. The first-order chi connectivity index (χ1) is 6.13. The standard InChI is InChI=1S/C10H13N3/c1-7(2)12-10-9(6-11)5-4-8(3)13-10/h4-5,7H,1-3H3,(H,12,13). The molecule has 68 valence electrons. The van der Waals surface area contributed by atoms with Crippen LogP contribution in [-0.2, 0) is 0 Å². The van der Waals surface area contributed by atoms with Crippen molar-refractivity contribution < 1.29 is 0 Å². The zero-order valence-electron chi connectivity index (χ0n) is 8.13. The van der Waals surface area contributed by atoms with Gasteiger partial charge in [0.15, 0.2) is 0 Å². The molecule has 0 unspecified atom stereocenters. The number of hydrogen-bond donors (Lipinski definition) is 1. The molecule has 0 saturated carbocycles. The van der Waals surface area contributed by atoms with Crippen molar-refractivity contribution >= 4 is 5.82 Å². The third kappa shape index (κ3) is 2.45. The van der Waals surface area contributed by atoms with E-state index in [-0.39, 0.29) is 0 Å². The highest BCUT2D eigenvalue weighted by molar-refractivity contribution is 5.52. The minimum Gasteiger partial charge on any atom is -0.367 e. The number of nitrogens with one attached hydrogen (secondary N) is 1. The largest absolute Gasteiger partial charge is 0.367 e. The Hall–Kier alpha value is -1.56. The molecule has 1 heterocycles. The summed E-state index contributed by atoms with van der Waals surface area (Å²) in [5.41, 5.74) is 1.52. The maximum atomic E-state index is 8.79. The molecule has 3 nitrogen and oxygen atoms in total. The molecule has 3 heteroatoms. The quantitative estimate of drug-likeness (QED) is 0.748. The van der Waals surface area contributed by atoms with E-state index in [0.717, 1.165) is 5.69 Å². The summed E-state index contributed by atoms with van der Waals surface area (Å²) in [4.78, 5) is 4.25. The third-order valence-electron chi connectivity index (χ3n) is 1.58. The van der Waals surface area contributed by atoms with Crippen LogP contribution in [0, 0.1) is 18.3 Å². The molecule has 0 aliphatic heterocycles. The Morgan fingerprint density at radius 1 is 1.46 bits per heavy atom. The van der Waals surface area contributed by atoms with Gasteiger partial charge < -0.3 is 5.32 Å².